The van der Waals surface area contributed by atoms with E-state index in [4.69, 9.17) is 15.1 Å². The number of carbonyl (C=O) groups excluding carboxylic acids is 2. The van der Waals surface area contributed by atoms with Crippen molar-refractivity contribution in [3.63, 3.8) is 0 Å². The molecule has 0 bridgehead atoms. The number of hydrogen-bond acceptors (Lipinski definition) is 5. The Morgan fingerprint density at radius 2 is 1.88 bits per heavy atom. The lowest BCUT2D eigenvalue weighted by molar-refractivity contribution is -0.144. The van der Waals surface area contributed by atoms with E-state index in [2.05, 4.69) is 0 Å². The lowest BCUT2D eigenvalue weighted by Gasteiger charge is -2.02. The molecular weight excluding hydrogens is 222 g/mol. The van der Waals surface area contributed by atoms with Gasteiger partial charge in [-0.25, -0.2) is 0 Å². The van der Waals surface area contributed by atoms with Crippen molar-refractivity contribution in [1.82, 2.24) is 0 Å². The second-order valence-electron chi connectivity index (χ2n) is 3.70. The highest BCUT2D eigenvalue weighted by Crippen LogP contribution is 2.04. The number of hydrogen-bond donors (Lipinski definition) is 1. The van der Waals surface area contributed by atoms with Crippen molar-refractivity contribution in [2.75, 3.05) is 13.2 Å². The van der Waals surface area contributed by atoms with Crippen molar-refractivity contribution in [3.05, 3.63) is 0 Å². The van der Waals surface area contributed by atoms with Crippen molar-refractivity contribution in [2.45, 2.75) is 44.9 Å². The highest BCUT2D eigenvalue weighted by Gasteiger charge is 2.07. The fourth-order valence-electron chi connectivity index (χ4n) is 1.26. The topological polar surface area (TPSA) is 87.4 Å². The van der Waals surface area contributed by atoms with Crippen LogP contribution in [0.5, 0.6) is 0 Å². The van der Waals surface area contributed by atoms with Crippen LogP contribution in [0.1, 0.15) is 44.9 Å². The summed E-state index contributed by atoms with van der Waals surface area (Å²) in [4.78, 5) is 22.4. The number of nitrogens with zero attached hydrogens (tertiary/aromatic N) is 1. The zero-order chi connectivity index (χ0) is 12.9. The largest absolute Gasteiger partial charge is 0.465 e. The van der Waals surface area contributed by atoms with Crippen LogP contribution in [-0.2, 0) is 14.3 Å². The van der Waals surface area contributed by atoms with Crippen molar-refractivity contribution < 1.29 is 19.4 Å². The van der Waals surface area contributed by atoms with Crippen LogP contribution in [0.2, 0.25) is 0 Å². The Labute approximate surface area is 101 Å². The SMILES string of the molecule is N#CCCOC(=O)CCC(=O)CCCCCO. The summed E-state index contributed by atoms with van der Waals surface area (Å²) in [5, 5.41) is 16.8. The van der Waals surface area contributed by atoms with Gasteiger partial charge in [0.2, 0.25) is 0 Å². The molecule has 0 aliphatic heterocycles. The molecule has 0 fully saturated rings. The van der Waals surface area contributed by atoms with Crippen LogP contribution >= 0.6 is 0 Å². The second kappa shape index (κ2) is 11.1. The Kier molecular flexibility index (Phi) is 10.2. The molecule has 0 spiro atoms. The number of carbonyl (C=O) groups is 2. The monoisotopic (exact) mass is 241 g/mol. The Bertz CT molecular complexity index is 270. The molecular formula is C12H19NO4. The summed E-state index contributed by atoms with van der Waals surface area (Å²) >= 11 is 0. The number of aliphatic hydroxyl groups excluding tert-OH is 1. The predicted octanol–water partition coefficient (Wildman–Crippen LogP) is 1.35. The number of ketones is 1. The highest BCUT2D eigenvalue weighted by atomic mass is 16.5. The van der Waals surface area contributed by atoms with Gasteiger partial charge in [-0.05, 0) is 12.8 Å². The van der Waals surface area contributed by atoms with Gasteiger partial charge in [0, 0.05) is 19.4 Å². The smallest absolute Gasteiger partial charge is 0.306 e. The fraction of sp³-hybridized carbons (Fsp3) is 0.750. The lowest BCUT2D eigenvalue weighted by Crippen LogP contribution is -2.08. The molecule has 0 aromatic rings. The molecule has 96 valence electrons. The summed E-state index contributed by atoms with van der Waals surface area (Å²) in [7, 11) is 0. The van der Waals surface area contributed by atoms with E-state index in [0.717, 1.165) is 12.8 Å². The molecule has 0 aromatic carbocycles. The number of ether oxygens (including phenoxy) is 1. The van der Waals surface area contributed by atoms with E-state index in [1.807, 2.05) is 6.07 Å². The summed E-state index contributed by atoms with van der Waals surface area (Å²) < 4.78 is 4.73. The van der Waals surface area contributed by atoms with Gasteiger partial charge in [-0.15, -0.1) is 0 Å². The van der Waals surface area contributed by atoms with E-state index in [-0.39, 0.29) is 38.3 Å². The quantitative estimate of drug-likeness (QED) is 0.460. The lowest BCUT2D eigenvalue weighted by atomic mass is 10.1. The standard InChI is InChI=1S/C12H19NO4/c13-8-4-10-17-12(16)7-6-11(15)5-2-1-3-9-14/h14H,1-7,9-10H2. The van der Waals surface area contributed by atoms with Crippen LogP contribution < -0.4 is 0 Å². The van der Waals surface area contributed by atoms with Crippen molar-refractivity contribution in [3.8, 4) is 6.07 Å². The molecule has 5 nitrogen and oxygen atoms in total. The van der Waals surface area contributed by atoms with Gasteiger partial charge in [-0.2, -0.15) is 5.26 Å². The van der Waals surface area contributed by atoms with E-state index < -0.39 is 5.97 Å². The number of unbranched alkanes of at least 4 members (excludes halogenated alkanes) is 2. The number of rotatable bonds is 10. The Morgan fingerprint density at radius 3 is 2.53 bits per heavy atom. The normalized spacial score (nSPS) is 9.65. The minimum Gasteiger partial charge on any atom is -0.465 e. The summed E-state index contributed by atoms with van der Waals surface area (Å²) in [5.74, 6) is -0.385. The van der Waals surface area contributed by atoms with E-state index in [9.17, 15) is 9.59 Å². The fourth-order valence-corrected chi connectivity index (χ4v) is 1.26. The zero-order valence-corrected chi connectivity index (χ0v) is 9.98. The first kappa shape index (κ1) is 15.6. The minimum absolute atomic E-state index is 0.0418. The number of nitriles is 1. The van der Waals surface area contributed by atoms with Crippen LogP contribution in [0.15, 0.2) is 0 Å². The average molecular weight is 241 g/mol. The molecule has 17 heavy (non-hydrogen) atoms. The number of esters is 1. The van der Waals surface area contributed by atoms with Gasteiger partial charge in [0.1, 0.15) is 12.4 Å². The van der Waals surface area contributed by atoms with Crippen LogP contribution in [-0.4, -0.2) is 30.1 Å². The predicted molar refractivity (Wildman–Crippen MR) is 61.0 cm³/mol. The molecule has 0 amide bonds. The maximum atomic E-state index is 11.3. The van der Waals surface area contributed by atoms with Crippen LogP contribution in [0, 0.1) is 11.3 Å². The second-order valence-corrected chi connectivity index (χ2v) is 3.70. The van der Waals surface area contributed by atoms with Gasteiger partial charge in [-0.1, -0.05) is 6.42 Å². The van der Waals surface area contributed by atoms with Crippen molar-refractivity contribution in [2.24, 2.45) is 0 Å². The first-order valence-electron chi connectivity index (χ1n) is 5.86. The van der Waals surface area contributed by atoms with E-state index in [1.165, 1.54) is 0 Å². The van der Waals surface area contributed by atoms with Crippen molar-refractivity contribution >= 4 is 11.8 Å². The maximum absolute atomic E-state index is 11.3. The highest BCUT2D eigenvalue weighted by molar-refractivity contribution is 5.82. The molecule has 0 aromatic heterocycles. The Morgan fingerprint density at radius 1 is 1.12 bits per heavy atom. The first-order chi connectivity index (χ1) is 8.20. The maximum Gasteiger partial charge on any atom is 0.306 e. The van der Waals surface area contributed by atoms with Crippen LogP contribution in [0.3, 0.4) is 0 Å². The molecule has 0 saturated heterocycles. The first-order valence-corrected chi connectivity index (χ1v) is 5.86. The third kappa shape index (κ3) is 10.9. The Balaban J connectivity index is 3.43. The van der Waals surface area contributed by atoms with Gasteiger partial charge in [-0.3, -0.25) is 9.59 Å². The van der Waals surface area contributed by atoms with Crippen molar-refractivity contribution in [1.29, 1.82) is 5.26 Å². The molecule has 1 N–H and O–H groups in total. The van der Waals surface area contributed by atoms with E-state index in [0.29, 0.717) is 12.8 Å². The molecule has 0 saturated carbocycles. The molecule has 5 heteroatoms. The van der Waals surface area contributed by atoms with Gasteiger partial charge >= 0.3 is 5.97 Å². The molecule has 0 unspecified atom stereocenters. The summed E-state index contributed by atoms with van der Waals surface area (Å²) in [6.45, 7) is 0.249. The molecule has 0 radical (unpaired) electrons. The third-order valence-corrected chi connectivity index (χ3v) is 2.20. The Hall–Kier alpha value is -1.41. The van der Waals surface area contributed by atoms with E-state index in [1.54, 1.807) is 0 Å². The number of aliphatic hydroxyl groups is 1. The van der Waals surface area contributed by atoms with Gasteiger partial charge in [0.15, 0.2) is 0 Å². The van der Waals surface area contributed by atoms with Crippen LogP contribution in [0.4, 0.5) is 0 Å². The van der Waals surface area contributed by atoms with Gasteiger partial charge in [0.25, 0.3) is 0 Å². The summed E-state index contributed by atoms with van der Waals surface area (Å²) in [5.41, 5.74) is 0. The van der Waals surface area contributed by atoms with Gasteiger partial charge in [0.05, 0.1) is 18.9 Å². The average Bonchev–Trinajstić information content (AvgIpc) is 2.32. The molecule has 0 heterocycles. The third-order valence-electron chi connectivity index (χ3n) is 2.20. The van der Waals surface area contributed by atoms with Crippen LogP contribution in [0.25, 0.3) is 0 Å². The molecule has 0 aliphatic rings. The molecule has 0 aliphatic carbocycles. The number of Topliss-reactive ketones (excluding diaryl/α,β-unsaturated/α-hetero) is 1. The zero-order valence-electron chi connectivity index (χ0n) is 9.98. The molecule has 0 atom stereocenters. The van der Waals surface area contributed by atoms with Gasteiger partial charge < -0.3 is 9.84 Å². The molecule has 0 rings (SSSR count). The summed E-state index contributed by atoms with van der Waals surface area (Å²) in [6.07, 6.45) is 3.21. The summed E-state index contributed by atoms with van der Waals surface area (Å²) in [6, 6.07) is 1.86. The van der Waals surface area contributed by atoms with E-state index >= 15 is 0 Å². The minimum atomic E-state index is -0.427.